The van der Waals surface area contributed by atoms with Crippen molar-refractivity contribution in [1.82, 2.24) is 19.5 Å². The lowest BCUT2D eigenvalue weighted by molar-refractivity contribution is 0.710. The summed E-state index contributed by atoms with van der Waals surface area (Å²) in [5.41, 5.74) is 2.31. The lowest BCUT2D eigenvalue weighted by Gasteiger charge is -2.10. The highest BCUT2D eigenvalue weighted by atomic mass is 32.1. The monoisotopic (exact) mass is 349 g/mol. The van der Waals surface area contributed by atoms with Crippen LogP contribution in [0.5, 0.6) is 0 Å². The normalized spacial score (nSPS) is 14.4. The van der Waals surface area contributed by atoms with Crippen molar-refractivity contribution in [2.24, 2.45) is 0 Å². The average Bonchev–Trinajstić information content (AvgIpc) is 3.24. The largest absolute Gasteiger partial charge is 0.362 e. The zero-order chi connectivity index (χ0) is 16.8. The molecule has 1 saturated carbocycles. The van der Waals surface area contributed by atoms with Gasteiger partial charge < -0.3 is 9.88 Å². The number of hydrogen-bond donors (Lipinski definition) is 1. The molecule has 1 aliphatic rings. The Morgan fingerprint density at radius 2 is 2.04 bits per heavy atom. The molecule has 1 N–H and O–H groups in total. The summed E-state index contributed by atoms with van der Waals surface area (Å²) in [5.74, 6) is 2.88. The number of thiophene rings is 1. The van der Waals surface area contributed by atoms with E-state index in [1.165, 1.54) is 18.4 Å². The molecule has 1 aromatic carbocycles. The Hall–Kier alpha value is -2.47. The minimum absolute atomic E-state index is 0.599. The van der Waals surface area contributed by atoms with E-state index >= 15 is 0 Å². The standard InChI is InChI=1S/C19H19N5S/c1-2-16-22-18(13-9-10-25-19(13)23-16)20-11-17-21-14-5-3-4-6-15(14)24(17)12-7-8-12/h3-6,9-10,12H,2,7-8,11H2,1H3,(H,20,22,23). The van der Waals surface area contributed by atoms with Crippen LogP contribution in [0.2, 0.25) is 0 Å². The van der Waals surface area contributed by atoms with Crippen LogP contribution in [0.15, 0.2) is 35.7 Å². The van der Waals surface area contributed by atoms with Gasteiger partial charge in [0.25, 0.3) is 0 Å². The third-order valence-corrected chi connectivity index (χ3v) is 5.49. The molecule has 0 amide bonds. The van der Waals surface area contributed by atoms with Crippen LogP contribution in [0.4, 0.5) is 5.82 Å². The minimum Gasteiger partial charge on any atom is -0.362 e. The number of aromatic nitrogens is 4. The highest BCUT2D eigenvalue weighted by molar-refractivity contribution is 7.16. The van der Waals surface area contributed by atoms with Crippen LogP contribution >= 0.6 is 11.3 Å². The van der Waals surface area contributed by atoms with Gasteiger partial charge >= 0.3 is 0 Å². The summed E-state index contributed by atoms with van der Waals surface area (Å²) < 4.78 is 2.40. The fourth-order valence-corrected chi connectivity index (χ4v) is 4.10. The molecule has 1 aliphatic carbocycles. The Morgan fingerprint density at radius 1 is 1.16 bits per heavy atom. The van der Waals surface area contributed by atoms with Crippen LogP contribution in [-0.2, 0) is 13.0 Å². The third-order valence-electron chi connectivity index (χ3n) is 4.68. The van der Waals surface area contributed by atoms with E-state index < -0.39 is 0 Å². The molecule has 4 aromatic rings. The molecule has 3 aromatic heterocycles. The number of para-hydroxylation sites is 2. The van der Waals surface area contributed by atoms with Crippen molar-refractivity contribution in [3.05, 3.63) is 47.4 Å². The second-order valence-electron chi connectivity index (χ2n) is 6.45. The number of nitrogens with one attached hydrogen (secondary N) is 1. The van der Waals surface area contributed by atoms with Gasteiger partial charge in [-0.05, 0) is 36.4 Å². The van der Waals surface area contributed by atoms with Crippen LogP contribution in [0.1, 0.15) is 37.5 Å². The number of rotatable bonds is 5. The highest BCUT2D eigenvalue weighted by Crippen LogP contribution is 2.38. The highest BCUT2D eigenvalue weighted by Gasteiger charge is 2.28. The quantitative estimate of drug-likeness (QED) is 0.574. The topological polar surface area (TPSA) is 55.6 Å². The number of aryl methyl sites for hydroxylation is 1. The zero-order valence-corrected chi connectivity index (χ0v) is 14.9. The fraction of sp³-hybridized carbons (Fsp3) is 0.316. The van der Waals surface area contributed by atoms with Crippen LogP contribution < -0.4 is 5.32 Å². The van der Waals surface area contributed by atoms with Crippen LogP contribution in [-0.4, -0.2) is 19.5 Å². The summed E-state index contributed by atoms with van der Waals surface area (Å²) in [6.45, 7) is 2.77. The molecular formula is C19H19N5S. The number of benzene rings is 1. The lowest BCUT2D eigenvalue weighted by atomic mass is 10.3. The summed E-state index contributed by atoms with van der Waals surface area (Å²) in [4.78, 5) is 15.2. The maximum Gasteiger partial charge on any atom is 0.138 e. The van der Waals surface area contributed by atoms with E-state index in [4.69, 9.17) is 9.97 Å². The van der Waals surface area contributed by atoms with Gasteiger partial charge in [0.2, 0.25) is 0 Å². The number of fused-ring (bicyclic) bond motifs is 2. The summed E-state index contributed by atoms with van der Waals surface area (Å²) in [5, 5.41) is 6.69. The SMILES string of the molecule is CCc1nc(NCc2nc3ccccc3n2C2CC2)c2ccsc2n1. The van der Waals surface area contributed by atoms with Crippen molar-refractivity contribution in [3.8, 4) is 0 Å². The molecule has 1 fully saturated rings. The Labute approximate surface area is 149 Å². The molecule has 0 saturated heterocycles. The molecule has 5 rings (SSSR count). The molecule has 6 heteroatoms. The Balaban J connectivity index is 1.52. The molecule has 0 aliphatic heterocycles. The van der Waals surface area contributed by atoms with E-state index in [0.717, 1.165) is 39.6 Å². The van der Waals surface area contributed by atoms with Crippen molar-refractivity contribution < 1.29 is 0 Å². The second kappa shape index (κ2) is 5.81. The maximum absolute atomic E-state index is 4.86. The van der Waals surface area contributed by atoms with E-state index in [9.17, 15) is 0 Å². The summed E-state index contributed by atoms with van der Waals surface area (Å²) in [6.07, 6.45) is 3.33. The van der Waals surface area contributed by atoms with Crippen LogP contribution in [0.3, 0.4) is 0 Å². The first kappa shape index (κ1) is 14.8. The number of nitrogens with zero attached hydrogens (tertiary/aromatic N) is 4. The molecule has 25 heavy (non-hydrogen) atoms. The van der Waals surface area contributed by atoms with Gasteiger partial charge in [-0.2, -0.15) is 0 Å². The van der Waals surface area contributed by atoms with Gasteiger partial charge in [0.1, 0.15) is 22.3 Å². The van der Waals surface area contributed by atoms with Crippen LogP contribution in [0, 0.1) is 0 Å². The van der Waals surface area contributed by atoms with E-state index in [1.807, 2.05) is 0 Å². The van der Waals surface area contributed by atoms with Crippen molar-refractivity contribution in [2.45, 2.75) is 38.8 Å². The van der Waals surface area contributed by atoms with Crippen LogP contribution in [0.25, 0.3) is 21.3 Å². The molecule has 0 bridgehead atoms. The number of anilines is 1. The van der Waals surface area contributed by atoms with Gasteiger partial charge in [-0.25, -0.2) is 15.0 Å². The first-order chi connectivity index (χ1) is 12.3. The van der Waals surface area contributed by atoms with E-state index in [2.05, 4.69) is 57.5 Å². The third kappa shape index (κ3) is 2.57. The Morgan fingerprint density at radius 3 is 2.88 bits per heavy atom. The zero-order valence-electron chi connectivity index (χ0n) is 14.1. The van der Waals surface area contributed by atoms with Crippen molar-refractivity contribution >= 4 is 38.4 Å². The minimum atomic E-state index is 0.599. The second-order valence-corrected chi connectivity index (χ2v) is 7.35. The van der Waals surface area contributed by atoms with E-state index in [-0.39, 0.29) is 0 Å². The Bertz CT molecular complexity index is 1060. The van der Waals surface area contributed by atoms with Gasteiger partial charge in [0.05, 0.1) is 23.0 Å². The molecule has 126 valence electrons. The van der Waals surface area contributed by atoms with Gasteiger partial charge in [-0.3, -0.25) is 0 Å². The first-order valence-electron chi connectivity index (χ1n) is 8.77. The number of imidazole rings is 1. The summed E-state index contributed by atoms with van der Waals surface area (Å²) in [6, 6.07) is 11.1. The van der Waals surface area contributed by atoms with Gasteiger partial charge in [0, 0.05) is 12.5 Å². The predicted molar refractivity (Wildman–Crippen MR) is 102 cm³/mol. The number of hydrogen-bond acceptors (Lipinski definition) is 5. The summed E-state index contributed by atoms with van der Waals surface area (Å²) in [7, 11) is 0. The van der Waals surface area contributed by atoms with Gasteiger partial charge in [-0.1, -0.05) is 19.1 Å². The molecule has 0 radical (unpaired) electrons. The lowest BCUT2D eigenvalue weighted by Crippen LogP contribution is -2.10. The molecule has 5 nitrogen and oxygen atoms in total. The van der Waals surface area contributed by atoms with Crippen molar-refractivity contribution in [1.29, 1.82) is 0 Å². The maximum atomic E-state index is 4.86. The van der Waals surface area contributed by atoms with Crippen molar-refractivity contribution in [2.75, 3.05) is 5.32 Å². The van der Waals surface area contributed by atoms with E-state index in [0.29, 0.717) is 12.6 Å². The van der Waals surface area contributed by atoms with E-state index in [1.54, 1.807) is 11.3 Å². The summed E-state index contributed by atoms with van der Waals surface area (Å²) >= 11 is 1.66. The molecule has 0 unspecified atom stereocenters. The molecule has 0 atom stereocenters. The first-order valence-corrected chi connectivity index (χ1v) is 9.65. The Kier molecular flexibility index (Phi) is 3.45. The average molecular weight is 349 g/mol. The molecular weight excluding hydrogens is 330 g/mol. The molecule has 3 heterocycles. The van der Waals surface area contributed by atoms with Crippen molar-refractivity contribution in [3.63, 3.8) is 0 Å². The fourth-order valence-electron chi connectivity index (χ4n) is 3.31. The molecule has 0 spiro atoms. The van der Waals surface area contributed by atoms with Gasteiger partial charge in [0.15, 0.2) is 0 Å². The predicted octanol–water partition coefficient (Wildman–Crippen LogP) is 4.55. The smallest absolute Gasteiger partial charge is 0.138 e. The van der Waals surface area contributed by atoms with Gasteiger partial charge in [-0.15, -0.1) is 11.3 Å².